The number of rotatable bonds is 0. The Balaban J connectivity index is 2.49. The molecule has 0 aliphatic rings. The molecule has 0 fully saturated rings. The van der Waals surface area contributed by atoms with Crippen LogP contribution < -0.4 is 0 Å². The first-order valence-electron chi connectivity index (χ1n) is 5.85. The maximum Gasteiger partial charge on any atom is 0.166 e. The molecule has 90 valence electrons. The Hall–Kier alpha value is -1.96. The molecule has 0 unspecified atom stereocenters. The number of fused-ring (bicyclic) bond motifs is 2. The summed E-state index contributed by atoms with van der Waals surface area (Å²) in [5.74, 6) is -1.51. The van der Waals surface area contributed by atoms with Gasteiger partial charge < -0.3 is 0 Å². The summed E-state index contributed by atoms with van der Waals surface area (Å²) < 4.78 is 27.5. The molecule has 2 heteroatoms. The van der Waals surface area contributed by atoms with Crippen LogP contribution in [0.3, 0.4) is 0 Å². The molecule has 0 aromatic heterocycles. The van der Waals surface area contributed by atoms with Crippen molar-refractivity contribution in [3.63, 3.8) is 0 Å². The Kier molecular flexibility index (Phi) is 2.34. The second-order valence-corrected chi connectivity index (χ2v) is 4.75. The Morgan fingerprint density at radius 1 is 0.722 bits per heavy atom. The van der Waals surface area contributed by atoms with Gasteiger partial charge in [0.1, 0.15) is 0 Å². The molecule has 3 aromatic carbocycles. The second-order valence-electron chi connectivity index (χ2n) is 4.75. The van der Waals surface area contributed by atoms with Crippen LogP contribution in [0.25, 0.3) is 21.5 Å². The fourth-order valence-electron chi connectivity index (χ4n) is 2.33. The van der Waals surface area contributed by atoms with Gasteiger partial charge in [-0.15, -0.1) is 0 Å². The summed E-state index contributed by atoms with van der Waals surface area (Å²) >= 11 is 0. The van der Waals surface area contributed by atoms with Crippen LogP contribution in [-0.2, 0) is 0 Å². The molecule has 0 N–H and O–H groups in total. The minimum atomic E-state index is -0.756. The number of benzene rings is 3. The predicted octanol–water partition coefficient (Wildman–Crippen LogP) is 4.89. The van der Waals surface area contributed by atoms with Gasteiger partial charge in [-0.3, -0.25) is 0 Å². The molecule has 0 atom stereocenters. The molecule has 0 bridgehead atoms. The molecule has 0 aliphatic heterocycles. The first kappa shape index (κ1) is 11.1. The molecule has 18 heavy (non-hydrogen) atoms. The molecule has 0 amide bonds. The van der Waals surface area contributed by atoms with Crippen LogP contribution in [0.15, 0.2) is 36.4 Å². The highest BCUT2D eigenvalue weighted by Gasteiger charge is 2.11. The largest absolute Gasteiger partial charge is 0.203 e. The standard InChI is InChI=1S/C16H12F2/c1-9-3-4-11-7-13-6-10(2)15(17)16(18)14(13)8-12(11)5-9/h3-8H,1-2H3. The quantitative estimate of drug-likeness (QED) is 0.492. The lowest BCUT2D eigenvalue weighted by Crippen LogP contribution is -1.91. The van der Waals surface area contributed by atoms with Crippen molar-refractivity contribution in [3.8, 4) is 0 Å². The maximum absolute atomic E-state index is 13.9. The van der Waals surface area contributed by atoms with Gasteiger partial charge in [0.25, 0.3) is 0 Å². The highest BCUT2D eigenvalue weighted by molar-refractivity contribution is 5.99. The van der Waals surface area contributed by atoms with Crippen LogP contribution in [-0.4, -0.2) is 0 Å². The molecule has 0 heterocycles. The minimum absolute atomic E-state index is 0.339. The zero-order chi connectivity index (χ0) is 12.9. The van der Waals surface area contributed by atoms with E-state index in [0.29, 0.717) is 10.9 Å². The lowest BCUT2D eigenvalue weighted by Gasteiger charge is -2.07. The van der Waals surface area contributed by atoms with E-state index in [1.807, 2.05) is 31.2 Å². The summed E-state index contributed by atoms with van der Waals surface area (Å²) in [4.78, 5) is 0. The first-order chi connectivity index (χ1) is 8.56. The van der Waals surface area contributed by atoms with Crippen LogP contribution in [0.2, 0.25) is 0 Å². The van der Waals surface area contributed by atoms with Crippen molar-refractivity contribution >= 4 is 21.5 Å². The van der Waals surface area contributed by atoms with Gasteiger partial charge >= 0.3 is 0 Å². The number of hydrogen-bond acceptors (Lipinski definition) is 0. The average molecular weight is 242 g/mol. The van der Waals surface area contributed by atoms with Crippen LogP contribution >= 0.6 is 0 Å². The monoisotopic (exact) mass is 242 g/mol. The number of aryl methyl sites for hydroxylation is 2. The van der Waals surface area contributed by atoms with Crippen LogP contribution in [0.5, 0.6) is 0 Å². The maximum atomic E-state index is 13.9. The smallest absolute Gasteiger partial charge is 0.166 e. The molecular formula is C16H12F2. The van der Waals surface area contributed by atoms with Gasteiger partial charge in [0.2, 0.25) is 0 Å². The third-order valence-electron chi connectivity index (χ3n) is 3.31. The lowest BCUT2D eigenvalue weighted by molar-refractivity contribution is 0.511. The normalized spacial score (nSPS) is 11.3. The molecule has 0 saturated carbocycles. The average Bonchev–Trinajstić information content (AvgIpc) is 2.35. The Morgan fingerprint density at radius 2 is 1.50 bits per heavy atom. The van der Waals surface area contributed by atoms with Crippen molar-refractivity contribution in [3.05, 3.63) is 59.2 Å². The van der Waals surface area contributed by atoms with Crippen LogP contribution in [0.4, 0.5) is 8.78 Å². The zero-order valence-corrected chi connectivity index (χ0v) is 10.2. The van der Waals surface area contributed by atoms with E-state index in [9.17, 15) is 8.78 Å². The van der Waals surface area contributed by atoms with Gasteiger partial charge in [0, 0.05) is 5.39 Å². The fraction of sp³-hybridized carbons (Fsp3) is 0.125. The summed E-state index contributed by atoms with van der Waals surface area (Å²) in [6, 6.07) is 11.3. The van der Waals surface area contributed by atoms with Crippen molar-refractivity contribution in [2.24, 2.45) is 0 Å². The van der Waals surface area contributed by atoms with Crippen molar-refractivity contribution in [2.75, 3.05) is 0 Å². The zero-order valence-electron chi connectivity index (χ0n) is 10.2. The van der Waals surface area contributed by atoms with Gasteiger partial charge in [-0.25, -0.2) is 8.78 Å². The van der Waals surface area contributed by atoms with Gasteiger partial charge in [-0.2, -0.15) is 0 Å². The van der Waals surface area contributed by atoms with E-state index in [1.165, 1.54) is 0 Å². The van der Waals surface area contributed by atoms with Gasteiger partial charge in [0.05, 0.1) is 0 Å². The van der Waals surface area contributed by atoms with Crippen molar-refractivity contribution in [1.29, 1.82) is 0 Å². The van der Waals surface area contributed by atoms with E-state index >= 15 is 0 Å². The van der Waals surface area contributed by atoms with Gasteiger partial charge in [-0.05, 0) is 53.8 Å². The number of hydrogen-bond donors (Lipinski definition) is 0. The molecular weight excluding hydrogens is 230 g/mol. The summed E-state index contributed by atoms with van der Waals surface area (Å²) in [5, 5.41) is 3.06. The Labute approximate surface area is 104 Å². The van der Waals surface area contributed by atoms with E-state index in [2.05, 4.69) is 0 Å². The third kappa shape index (κ3) is 1.57. The fourth-order valence-corrected chi connectivity index (χ4v) is 2.33. The van der Waals surface area contributed by atoms with Gasteiger partial charge in [-0.1, -0.05) is 23.8 Å². The van der Waals surface area contributed by atoms with Crippen molar-refractivity contribution < 1.29 is 8.78 Å². The SMILES string of the molecule is Cc1ccc2cc3cc(C)c(F)c(F)c3cc2c1. The molecule has 0 nitrogen and oxygen atoms in total. The summed E-state index contributed by atoms with van der Waals surface area (Å²) in [7, 11) is 0. The molecule has 3 aromatic rings. The van der Waals surface area contributed by atoms with E-state index in [1.54, 1.807) is 19.1 Å². The van der Waals surface area contributed by atoms with E-state index < -0.39 is 11.6 Å². The lowest BCUT2D eigenvalue weighted by atomic mass is 10.00. The highest BCUT2D eigenvalue weighted by atomic mass is 19.2. The molecule has 0 aliphatic carbocycles. The van der Waals surface area contributed by atoms with Crippen LogP contribution in [0.1, 0.15) is 11.1 Å². The molecule has 3 rings (SSSR count). The van der Waals surface area contributed by atoms with E-state index in [4.69, 9.17) is 0 Å². The highest BCUT2D eigenvalue weighted by Crippen LogP contribution is 2.28. The van der Waals surface area contributed by atoms with E-state index in [-0.39, 0.29) is 0 Å². The number of halogens is 2. The van der Waals surface area contributed by atoms with Crippen LogP contribution in [0, 0.1) is 25.5 Å². The Bertz CT molecular complexity index is 773. The predicted molar refractivity (Wildman–Crippen MR) is 70.8 cm³/mol. The topological polar surface area (TPSA) is 0 Å². The summed E-state index contributed by atoms with van der Waals surface area (Å²) in [5.41, 5.74) is 1.45. The van der Waals surface area contributed by atoms with Gasteiger partial charge in [0.15, 0.2) is 11.6 Å². The van der Waals surface area contributed by atoms with Crippen molar-refractivity contribution in [2.45, 2.75) is 13.8 Å². The van der Waals surface area contributed by atoms with E-state index in [0.717, 1.165) is 21.7 Å². The second kappa shape index (κ2) is 3.77. The summed E-state index contributed by atoms with van der Waals surface area (Å²) in [6.45, 7) is 3.56. The molecule has 0 spiro atoms. The minimum Gasteiger partial charge on any atom is -0.203 e. The molecule has 0 saturated heterocycles. The van der Waals surface area contributed by atoms with Crippen molar-refractivity contribution in [1.82, 2.24) is 0 Å². The third-order valence-corrected chi connectivity index (χ3v) is 3.31. The summed E-state index contributed by atoms with van der Waals surface area (Å²) in [6.07, 6.45) is 0. The Morgan fingerprint density at radius 3 is 2.28 bits per heavy atom. The molecule has 0 radical (unpaired) electrons. The first-order valence-corrected chi connectivity index (χ1v) is 5.85.